The number of anilines is 1. The minimum atomic E-state index is -3.82. The van der Waals surface area contributed by atoms with Crippen LogP contribution in [0.3, 0.4) is 0 Å². The zero-order valence-corrected chi connectivity index (χ0v) is 22.8. The van der Waals surface area contributed by atoms with Gasteiger partial charge in [-0.05, 0) is 56.0 Å². The molecule has 1 aliphatic carbocycles. The molecule has 0 saturated heterocycles. The average molecular weight is 552 g/mol. The largest absolute Gasteiger partial charge is 0.497 e. The highest BCUT2D eigenvalue weighted by Gasteiger charge is 2.29. The van der Waals surface area contributed by atoms with Gasteiger partial charge in [-0.25, -0.2) is 17.2 Å². The van der Waals surface area contributed by atoms with Crippen molar-refractivity contribution in [1.82, 2.24) is 10.2 Å². The lowest BCUT2D eigenvalue weighted by atomic mass is 10.1. The minimum Gasteiger partial charge on any atom is -0.497 e. The number of methoxy groups -OCH3 is 1. The number of carbonyl (C=O) groups is 2. The van der Waals surface area contributed by atoms with E-state index >= 15 is 0 Å². The van der Waals surface area contributed by atoms with Crippen LogP contribution in [-0.4, -0.2) is 57.1 Å². The first-order valence-corrected chi connectivity index (χ1v) is 14.5. The number of carbonyl (C=O) groups excluding carboxylic acids is 2. The lowest BCUT2D eigenvalue weighted by molar-refractivity contribution is -0.141. The Labute approximate surface area is 223 Å². The molecule has 11 heteroatoms. The molecule has 38 heavy (non-hydrogen) atoms. The number of hydrogen-bond acceptors (Lipinski definition) is 5. The second kappa shape index (κ2) is 13.0. The third-order valence-electron chi connectivity index (χ3n) is 6.70. The molecule has 2 amide bonds. The van der Waals surface area contributed by atoms with E-state index in [2.05, 4.69) is 5.32 Å². The van der Waals surface area contributed by atoms with Gasteiger partial charge >= 0.3 is 0 Å². The summed E-state index contributed by atoms with van der Waals surface area (Å²) in [5.74, 6) is -2.21. The van der Waals surface area contributed by atoms with E-state index in [4.69, 9.17) is 4.74 Å². The number of rotatable bonds is 12. The molecular formula is C27H35F2N3O5S. The number of benzene rings is 2. The van der Waals surface area contributed by atoms with Crippen LogP contribution in [0, 0.1) is 11.6 Å². The van der Waals surface area contributed by atoms with Crippen LogP contribution in [0.25, 0.3) is 0 Å². The van der Waals surface area contributed by atoms with Crippen molar-refractivity contribution in [3.8, 4) is 5.75 Å². The van der Waals surface area contributed by atoms with Crippen LogP contribution in [0.4, 0.5) is 14.5 Å². The standard InChI is InChI=1S/C27H35F2N3O5S/c1-19(27(34)30-21-9-4-5-10-21)31(18-20-8-6-11-23(16-20)37-2)26(33)12-7-15-32(38(3,35)36)22-13-14-24(28)25(29)17-22/h6,8,11,13-14,16-17,19,21H,4-5,7,9-10,12,15,18H2,1-3H3,(H,30,34)/t19-/m1/s1. The zero-order chi connectivity index (χ0) is 27.9. The number of nitrogens with zero attached hydrogens (tertiary/aromatic N) is 2. The maximum atomic E-state index is 13.8. The van der Waals surface area contributed by atoms with Crippen molar-refractivity contribution in [2.24, 2.45) is 0 Å². The molecule has 1 atom stereocenters. The quantitative estimate of drug-likeness (QED) is 0.430. The van der Waals surface area contributed by atoms with Gasteiger partial charge in [-0.3, -0.25) is 13.9 Å². The van der Waals surface area contributed by atoms with Crippen molar-refractivity contribution >= 4 is 27.5 Å². The summed E-state index contributed by atoms with van der Waals surface area (Å²) in [7, 11) is -2.28. The summed E-state index contributed by atoms with van der Waals surface area (Å²) in [6, 6.07) is 9.37. The van der Waals surface area contributed by atoms with Gasteiger partial charge in [0.25, 0.3) is 0 Å². The molecule has 0 aliphatic heterocycles. The molecule has 208 valence electrons. The monoisotopic (exact) mass is 551 g/mol. The SMILES string of the molecule is COc1cccc(CN(C(=O)CCCN(c2ccc(F)c(F)c2)S(C)(=O)=O)[C@H](C)C(=O)NC2CCCC2)c1. The Morgan fingerprint density at radius 2 is 1.82 bits per heavy atom. The fourth-order valence-corrected chi connectivity index (χ4v) is 5.54. The fourth-order valence-electron chi connectivity index (χ4n) is 4.59. The van der Waals surface area contributed by atoms with Gasteiger partial charge in [-0.15, -0.1) is 0 Å². The molecule has 0 bridgehead atoms. The van der Waals surface area contributed by atoms with E-state index in [0.717, 1.165) is 53.9 Å². The Morgan fingerprint density at radius 1 is 1.11 bits per heavy atom. The summed E-state index contributed by atoms with van der Waals surface area (Å²) in [6.07, 6.45) is 4.94. The van der Waals surface area contributed by atoms with Gasteiger partial charge in [-0.1, -0.05) is 25.0 Å². The highest BCUT2D eigenvalue weighted by Crippen LogP contribution is 2.23. The lowest BCUT2D eigenvalue weighted by Gasteiger charge is -2.30. The van der Waals surface area contributed by atoms with Gasteiger partial charge in [0.2, 0.25) is 21.8 Å². The second-order valence-electron chi connectivity index (χ2n) is 9.58. The van der Waals surface area contributed by atoms with Gasteiger partial charge < -0.3 is 15.0 Å². The van der Waals surface area contributed by atoms with Crippen LogP contribution >= 0.6 is 0 Å². The number of amides is 2. The normalized spacial score (nSPS) is 14.7. The van der Waals surface area contributed by atoms with Crippen LogP contribution in [-0.2, 0) is 26.2 Å². The third-order valence-corrected chi connectivity index (χ3v) is 7.89. The van der Waals surface area contributed by atoms with Gasteiger partial charge in [-0.2, -0.15) is 0 Å². The molecule has 0 heterocycles. The third kappa shape index (κ3) is 7.89. The number of sulfonamides is 1. The molecule has 1 saturated carbocycles. The topological polar surface area (TPSA) is 96.0 Å². The number of hydrogen-bond donors (Lipinski definition) is 1. The highest BCUT2D eigenvalue weighted by atomic mass is 32.2. The van der Waals surface area contributed by atoms with Crippen molar-refractivity contribution in [2.45, 2.75) is 64.1 Å². The van der Waals surface area contributed by atoms with Crippen molar-refractivity contribution < 1.29 is 31.5 Å². The van der Waals surface area contributed by atoms with Gasteiger partial charge in [0.05, 0.1) is 19.1 Å². The van der Waals surface area contributed by atoms with E-state index in [1.807, 2.05) is 6.07 Å². The van der Waals surface area contributed by atoms with Crippen LogP contribution in [0.1, 0.15) is 51.0 Å². The number of nitrogens with one attached hydrogen (secondary N) is 1. The van der Waals surface area contributed by atoms with Crippen molar-refractivity contribution in [3.05, 3.63) is 59.7 Å². The molecule has 0 spiro atoms. The van der Waals surface area contributed by atoms with E-state index < -0.39 is 27.7 Å². The summed E-state index contributed by atoms with van der Waals surface area (Å²) in [5.41, 5.74) is 0.745. The Hall–Kier alpha value is -3.21. The molecule has 1 N–H and O–H groups in total. The summed E-state index contributed by atoms with van der Waals surface area (Å²) in [4.78, 5) is 27.9. The zero-order valence-electron chi connectivity index (χ0n) is 22.0. The first kappa shape index (κ1) is 29.3. The Bertz CT molecular complexity index is 1230. The molecule has 8 nitrogen and oxygen atoms in total. The maximum absolute atomic E-state index is 13.8. The van der Waals surface area contributed by atoms with Crippen molar-refractivity contribution in [3.63, 3.8) is 0 Å². The summed E-state index contributed by atoms with van der Waals surface area (Å²) < 4.78 is 58.0. The van der Waals surface area contributed by atoms with Gasteiger partial charge in [0.15, 0.2) is 11.6 Å². The highest BCUT2D eigenvalue weighted by molar-refractivity contribution is 7.92. The molecule has 3 rings (SSSR count). The molecule has 2 aromatic rings. The van der Waals surface area contributed by atoms with Crippen LogP contribution in [0.5, 0.6) is 5.75 Å². The van der Waals surface area contributed by atoms with Crippen LogP contribution < -0.4 is 14.4 Å². The molecule has 2 aromatic carbocycles. The smallest absolute Gasteiger partial charge is 0.242 e. The van der Waals surface area contributed by atoms with E-state index in [1.165, 1.54) is 11.0 Å². The minimum absolute atomic E-state index is 0.0311. The number of ether oxygens (including phenoxy) is 1. The first-order chi connectivity index (χ1) is 18.0. The lowest BCUT2D eigenvalue weighted by Crippen LogP contribution is -2.49. The average Bonchev–Trinajstić information content (AvgIpc) is 3.39. The first-order valence-electron chi connectivity index (χ1n) is 12.6. The molecule has 1 fully saturated rings. The van der Waals surface area contributed by atoms with Gasteiger partial charge in [0, 0.05) is 31.6 Å². The molecule has 0 radical (unpaired) electrons. The van der Waals surface area contributed by atoms with Crippen LogP contribution in [0.15, 0.2) is 42.5 Å². The fraction of sp³-hybridized carbons (Fsp3) is 0.481. The Balaban J connectivity index is 1.74. The van der Waals surface area contributed by atoms with Crippen molar-refractivity contribution in [2.75, 3.05) is 24.2 Å². The van der Waals surface area contributed by atoms with Gasteiger partial charge in [0.1, 0.15) is 11.8 Å². The van der Waals surface area contributed by atoms with Crippen LogP contribution in [0.2, 0.25) is 0 Å². The van der Waals surface area contributed by atoms with E-state index in [9.17, 15) is 26.8 Å². The number of halogens is 2. The molecule has 1 aliphatic rings. The molecule has 0 unspecified atom stereocenters. The Morgan fingerprint density at radius 3 is 2.45 bits per heavy atom. The Kier molecular flexibility index (Phi) is 10.1. The van der Waals surface area contributed by atoms with E-state index in [1.54, 1.807) is 32.2 Å². The summed E-state index contributed by atoms with van der Waals surface area (Å²) in [5, 5.41) is 3.04. The predicted molar refractivity (Wildman–Crippen MR) is 141 cm³/mol. The molecule has 0 aromatic heterocycles. The van der Waals surface area contributed by atoms with E-state index in [-0.39, 0.29) is 49.5 Å². The summed E-state index contributed by atoms with van der Waals surface area (Å²) in [6.45, 7) is 1.71. The van der Waals surface area contributed by atoms with E-state index in [0.29, 0.717) is 5.75 Å². The van der Waals surface area contributed by atoms with Crippen molar-refractivity contribution in [1.29, 1.82) is 0 Å². The maximum Gasteiger partial charge on any atom is 0.242 e. The summed E-state index contributed by atoms with van der Waals surface area (Å²) >= 11 is 0. The second-order valence-corrected chi connectivity index (χ2v) is 11.5. The molecular weight excluding hydrogens is 516 g/mol. The predicted octanol–water partition coefficient (Wildman–Crippen LogP) is 4.00.